The fourth-order valence-corrected chi connectivity index (χ4v) is 4.57. The summed E-state index contributed by atoms with van der Waals surface area (Å²) >= 11 is 7.30. The highest BCUT2D eigenvalue weighted by Gasteiger charge is 2.33. The molecule has 0 amide bonds. The smallest absolute Gasteiger partial charge is 0.338 e. The van der Waals surface area contributed by atoms with Gasteiger partial charge >= 0.3 is 5.97 Å². The van der Waals surface area contributed by atoms with Crippen molar-refractivity contribution in [3.05, 3.63) is 102 Å². The summed E-state index contributed by atoms with van der Waals surface area (Å²) in [5.41, 5.74) is 1.26. The Morgan fingerprint density at radius 3 is 2.68 bits per heavy atom. The molecule has 1 aliphatic rings. The number of ether oxygens (including phenoxy) is 1. The van der Waals surface area contributed by atoms with Gasteiger partial charge in [-0.1, -0.05) is 47.7 Å². The molecule has 1 aromatic carbocycles. The van der Waals surface area contributed by atoms with E-state index in [0.29, 0.717) is 31.4 Å². The fourth-order valence-electron chi connectivity index (χ4n) is 3.42. The first kappa shape index (κ1) is 21.1. The van der Waals surface area contributed by atoms with Crippen LogP contribution in [0.2, 0.25) is 5.02 Å². The summed E-state index contributed by atoms with van der Waals surface area (Å²) in [6.07, 6.45) is 3.18. The Balaban J connectivity index is 1.93. The lowest BCUT2D eigenvalue weighted by Gasteiger charge is -2.24. The monoisotopic (exact) mass is 454 g/mol. The molecule has 0 saturated heterocycles. The normalized spacial score (nSPS) is 16.1. The Hall–Kier alpha value is -3.16. The molecule has 2 aromatic heterocycles. The molecule has 158 valence electrons. The van der Waals surface area contributed by atoms with E-state index in [-0.39, 0.29) is 12.2 Å². The van der Waals surface area contributed by atoms with Gasteiger partial charge in [0.25, 0.3) is 5.56 Å². The van der Waals surface area contributed by atoms with Crippen molar-refractivity contribution in [1.29, 1.82) is 0 Å². The first-order valence-corrected chi connectivity index (χ1v) is 10.7. The van der Waals surface area contributed by atoms with Crippen LogP contribution >= 0.6 is 22.9 Å². The van der Waals surface area contributed by atoms with E-state index in [4.69, 9.17) is 20.8 Å². The number of benzene rings is 1. The third-order valence-electron chi connectivity index (χ3n) is 4.79. The van der Waals surface area contributed by atoms with E-state index >= 15 is 0 Å². The van der Waals surface area contributed by atoms with Gasteiger partial charge in [-0.3, -0.25) is 9.36 Å². The lowest BCUT2D eigenvalue weighted by Crippen LogP contribution is -2.39. The average molecular weight is 455 g/mol. The average Bonchev–Trinajstić information content (AvgIpc) is 3.28. The molecule has 31 heavy (non-hydrogen) atoms. The second kappa shape index (κ2) is 8.53. The third-order valence-corrected chi connectivity index (χ3v) is 6.03. The highest BCUT2D eigenvalue weighted by atomic mass is 35.5. The van der Waals surface area contributed by atoms with Crippen molar-refractivity contribution < 1.29 is 13.9 Å². The maximum absolute atomic E-state index is 13.4. The van der Waals surface area contributed by atoms with E-state index in [9.17, 15) is 9.59 Å². The number of esters is 1. The number of allylic oxidation sites excluding steroid dienone is 1. The molecular weight excluding hydrogens is 436 g/mol. The first-order chi connectivity index (χ1) is 14.9. The number of furan rings is 1. The molecule has 1 atom stereocenters. The zero-order chi connectivity index (χ0) is 22.1. The van der Waals surface area contributed by atoms with Gasteiger partial charge in [0, 0.05) is 11.1 Å². The number of halogens is 1. The number of nitrogens with zero attached hydrogens (tertiary/aromatic N) is 2. The number of thiazole rings is 1. The van der Waals surface area contributed by atoms with Crippen LogP contribution in [-0.4, -0.2) is 17.1 Å². The maximum atomic E-state index is 13.4. The second-order valence-corrected chi connectivity index (χ2v) is 8.41. The highest BCUT2D eigenvalue weighted by molar-refractivity contribution is 7.07. The standard InChI is InChI=1S/C23H19ClN2O4S/c1-4-11-29-22(28)19-14(3)25-23-26(20(19)15-6-8-16(24)9-7-15)21(27)18(31-23)12-17-10-5-13(2)30-17/h4-10,12,20H,1,11H2,2-3H3/t20-/m0/s1. The van der Waals surface area contributed by atoms with E-state index in [1.807, 2.05) is 13.0 Å². The van der Waals surface area contributed by atoms with Crippen LogP contribution in [0.15, 0.2) is 74.5 Å². The number of aromatic nitrogens is 1. The number of carbonyl (C=O) groups excluding carboxylic acids is 1. The van der Waals surface area contributed by atoms with Crippen molar-refractivity contribution in [2.45, 2.75) is 19.9 Å². The van der Waals surface area contributed by atoms with Gasteiger partial charge < -0.3 is 9.15 Å². The van der Waals surface area contributed by atoms with E-state index in [1.165, 1.54) is 22.0 Å². The van der Waals surface area contributed by atoms with Crippen LogP contribution in [0, 0.1) is 6.92 Å². The number of carbonyl (C=O) groups is 1. The number of hydrogen-bond acceptors (Lipinski definition) is 6. The Morgan fingerprint density at radius 2 is 2.03 bits per heavy atom. The van der Waals surface area contributed by atoms with Gasteiger partial charge in [-0.25, -0.2) is 9.79 Å². The summed E-state index contributed by atoms with van der Waals surface area (Å²) in [5.74, 6) is 0.783. The zero-order valence-corrected chi connectivity index (χ0v) is 18.5. The summed E-state index contributed by atoms with van der Waals surface area (Å²) in [5, 5.41) is 0.556. The first-order valence-electron chi connectivity index (χ1n) is 9.51. The minimum absolute atomic E-state index is 0.0607. The van der Waals surface area contributed by atoms with Crippen molar-refractivity contribution in [1.82, 2.24) is 4.57 Å². The lowest BCUT2D eigenvalue weighted by molar-refractivity contribution is -0.138. The number of fused-ring (bicyclic) bond motifs is 1. The van der Waals surface area contributed by atoms with Crippen LogP contribution in [-0.2, 0) is 9.53 Å². The Labute approximate surface area is 187 Å². The SMILES string of the molecule is C=CCOC(=O)C1=C(C)N=c2sc(=Cc3ccc(C)o3)c(=O)n2[C@H]1c1ccc(Cl)cc1. The van der Waals surface area contributed by atoms with Crippen molar-refractivity contribution in [2.75, 3.05) is 6.61 Å². The summed E-state index contributed by atoms with van der Waals surface area (Å²) in [6, 6.07) is 9.97. The summed E-state index contributed by atoms with van der Waals surface area (Å²) in [7, 11) is 0. The predicted octanol–water partition coefficient (Wildman–Crippen LogP) is 3.52. The summed E-state index contributed by atoms with van der Waals surface area (Å²) in [4.78, 5) is 31.3. The lowest BCUT2D eigenvalue weighted by atomic mass is 9.96. The van der Waals surface area contributed by atoms with Gasteiger partial charge in [-0.2, -0.15) is 0 Å². The molecule has 4 rings (SSSR count). The molecular formula is C23H19ClN2O4S. The van der Waals surface area contributed by atoms with Crippen molar-refractivity contribution in [3.63, 3.8) is 0 Å². The van der Waals surface area contributed by atoms with E-state index in [2.05, 4.69) is 11.6 Å². The van der Waals surface area contributed by atoms with Crippen LogP contribution in [0.5, 0.6) is 0 Å². The molecule has 0 fully saturated rings. The van der Waals surface area contributed by atoms with Gasteiger partial charge in [-0.15, -0.1) is 0 Å². The molecule has 0 saturated carbocycles. The molecule has 1 aliphatic heterocycles. The van der Waals surface area contributed by atoms with Gasteiger partial charge in [0.2, 0.25) is 0 Å². The zero-order valence-electron chi connectivity index (χ0n) is 16.9. The quantitative estimate of drug-likeness (QED) is 0.436. The number of aryl methyl sites for hydroxylation is 1. The van der Waals surface area contributed by atoms with Crippen molar-refractivity contribution in [2.24, 2.45) is 4.99 Å². The molecule has 3 aromatic rings. The second-order valence-electron chi connectivity index (χ2n) is 6.97. The molecule has 0 bridgehead atoms. The van der Waals surface area contributed by atoms with Crippen LogP contribution in [0.3, 0.4) is 0 Å². The van der Waals surface area contributed by atoms with Crippen LogP contribution in [0.4, 0.5) is 0 Å². The Morgan fingerprint density at radius 1 is 1.29 bits per heavy atom. The maximum Gasteiger partial charge on any atom is 0.338 e. The van der Waals surface area contributed by atoms with Crippen molar-refractivity contribution in [3.8, 4) is 0 Å². The molecule has 0 spiro atoms. The molecule has 0 N–H and O–H groups in total. The van der Waals surface area contributed by atoms with E-state index in [0.717, 1.165) is 11.3 Å². The van der Waals surface area contributed by atoms with Crippen molar-refractivity contribution >= 4 is 35.0 Å². The molecule has 3 heterocycles. The van der Waals surface area contributed by atoms with Gasteiger partial charge in [0.1, 0.15) is 18.1 Å². The fraction of sp³-hybridized carbons (Fsp3) is 0.174. The van der Waals surface area contributed by atoms with Crippen LogP contribution < -0.4 is 14.9 Å². The number of hydrogen-bond donors (Lipinski definition) is 0. The molecule has 0 aliphatic carbocycles. The largest absolute Gasteiger partial charge is 0.462 e. The summed E-state index contributed by atoms with van der Waals surface area (Å²) < 4.78 is 12.9. The minimum Gasteiger partial charge on any atom is -0.462 e. The van der Waals surface area contributed by atoms with Gasteiger partial charge in [0.15, 0.2) is 4.80 Å². The van der Waals surface area contributed by atoms with Gasteiger partial charge in [0.05, 0.1) is 21.8 Å². The topological polar surface area (TPSA) is 73.8 Å². The van der Waals surface area contributed by atoms with Gasteiger partial charge in [-0.05, 0) is 43.7 Å². The third kappa shape index (κ3) is 4.06. The van der Waals surface area contributed by atoms with Crippen LogP contribution in [0.25, 0.3) is 6.08 Å². The predicted molar refractivity (Wildman–Crippen MR) is 120 cm³/mol. The Bertz CT molecular complexity index is 1380. The van der Waals surface area contributed by atoms with E-state index < -0.39 is 12.0 Å². The van der Waals surface area contributed by atoms with E-state index in [1.54, 1.807) is 43.3 Å². The van der Waals surface area contributed by atoms with Crippen LogP contribution in [0.1, 0.15) is 30.0 Å². The molecule has 0 radical (unpaired) electrons. The number of rotatable bonds is 5. The summed E-state index contributed by atoms with van der Waals surface area (Å²) in [6.45, 7) is 7.22. The molecule has 8 heteroatoms. The Kier molecular flexibility index (Phi) is 5.80. The minimum atomic E-state index is -0.689. The molecule has 0 unspecified atom stereocenters. The molecule has 6 nitrogen and oxygen atoms in total. The highest BCUT2D eigenvalue weighted by Crippen LogP contribution is 2.31.